The normalized spacial score (nSPS) is 13.0. The molecule has 9 heteroatoms. The number of rotatable bonds is 3. The number of carbonyl (C=O) groups excluding carboxylic acids is 1. The van der Waals surface area contributed by atoms with Crippen molar-refractivity contribution in [3.05, 3.63) is 46.4 Å². The predicted molar refractivity (Wildman–Crippen MR) is 86.0 cm³/mol. The molecule has 0 atom stereocenters. The van der Waals surface area contributed by atoms with E-state index in [1.807, 2.05) is 0 Å². The molecule has 1 aliphatic heterocycles. The van der Waals surface area contributed by atoms with Crippen LogP contribution in [0, 0.1) is 0 Å². The molecule has 0 fully saturated rings. The molecule has 23 heavy (non-hydrogen) atoms. The van der Waals surface area contributed by atoms with Gasteiger partial charge in [-0.15, -0.1) is 0 Å². The van der Waals surface area contributed by atoms with E-state index in [2.05, 4.69) is 21.2 Å². The molecule has 7 nitrogen and oxygen atoms in total. The number of hydrogen-bond acceptors (Lipinski definition) is 5. The number of halogens is 1. The number of hydrogen-bond donors (Lipinski definition) is 2. The molecule has 120 valence electrons. The van der Waals surface area contributed by atoms with E-state index in [1.54, 1.807) is 18.2 Å². The monoisotopic (exact) mass is 398 g/mol. The Hall–Kier alpha value is -2.10. The Morgan fingerprint density at radius 3 is 2.61 bits per heavy atom. The van der Waals surface area contributed by atoms with Gasteiger partial charge in [0.2, 0.25) is 16.8 Å². The van der Waals surface area contributed by atoms with E-state index in [-0.39, 0.29) is 17.3 Å². The van der Waals surface area contributed by atoms with Gasteiger partial charge in [0.25, 0.3) is 5.91 Å². The van der Waals surface area contributed by atoms with Crippen LogP contribution in [0.4, 0.5) is 5.69 Å². The van der Waals surface area contributed by atoms with Crippen LogP contribution < -0.4 is 19.9 Å². The van der Waals surface area contributed by atoms with Gasteiger partial charge in [0.15, 0.2) is 11.5 Å². The zero-order valence-electron chi connectivity index (χ0n) is 11.6. The van der Waals surface area contributed by atoms with E-state index in [0.717, 1.165) is 0 Å². The van der Waals surface area contributed by atoms with Gasteiger partial charge in [-0.05, 0) is 46.3 Å². The minimum absolute atomic E-state index is 0.134. The third-order valence-corrected chi connectivity index (χ3v) is 4.74. The highest BCUT2D eigenvalue weighted by molar-refractivity contribution is 9.10. The summed E-state index contributed by atoms with van der Waals surface area (Å²) in [4.78, 5) is 12.2. The van der Waals surface area contributed by atoms with Gasteiger partial charge in [-0.3, -0.25) is 4.79 Å². The standard InChI is InChI=1S/C14H11BrN2O5S/c15-11-3-2-9(23(16,19)20)6-10(11)14(18)17-8-1-4-12-13(5-8)22-7-21-12/h1-6H,7H2,(H,17,18)(H2,16,19,20). The largest absolute Gasteiger partial charge is 0.454 e. The van der Waals surface area contributed by atoms with Crippen LogP contribution in [0.15, 0.2) is 45.8 Å². The highest BCUT2D eigenvalue weighted by atomic mass is 79.9. The van der Waals surface area contributed by atoms with Crippen molar-refractivity contribution in [3.63, 3.8) is 0 Å². The molecule has 0 aliphatic carbocycles. The van der Waals surface area contributed by atoms with Gasteiger partial charge in [0.1, 0.15) is 0 Å². The minimum Gasteiger partial charge on any atom is -0.454 e. The number of nitrogens with two attached hydrogens (primary N) is 1. The summed E-state index contributed by atoms with van der Waals surface area (Å²) < 4.78 is 33.7. The van der Waals surface area contributed by atoms with Crippen molar-refractivity contribution in [1.82, 2.24) is 0 Å². The molecule has 0 saturated carbocycles. The van der Waals surface area contributed by atoms with Crippen molar-refractivity contribution in [2.75, 3.05) is 12.1 Å². The van der Waals surface area contributed by atoms with Crippen molar-refractivity contribution < 1.29 is 22.7 Å². The second kappa shape index (κ2) is 5.84. The molecule has 0 unspecified atom stereocenters. The van der Waals surface area contributed by atoms with Crippen LogP contribution in [0.1, 0.15) is 10.4 Å². The highest BCUT2D eigenvalue weighted by Gasteiger charge is 2.18. The van der Waals surface area contributed by atoms with E-state index in [9.17, 15) is 13.2 Å². The van der Waals surface area contributed by atoms with Crippen LogP contribution in [0.3, 0.4) is 0 Å². The molecule has 1 amide bonds. The fourth-order valence-corrected chi connectivity index (χ4v) is 2.99. The summed E-state index contributed by atoms with van der Waals surface area (Å²) in [6.45, 7) is 0.134. The first-order valence-corrected chi connectivity index (χ1v) is 8.72. The van der Waals surface area contributed by atoms with Gasteiger partial charge in [0, 0.05) is 16.2 Å². The molecular formula is C14H11BrN2O5S. The van der Waals surface area contributed by atoms with Crippen molar-refractivity contribution in [1.29, 1.82) is 0 Å². The van der Waals surface area contributed by atoms with Gasteiger partial charge < -0.3 is 14.8 Å². The van der Waals surface area contributed by atoms with Gasteiger partial charge in [0.05, 0.1) is 10.5 Å². The van der Waals surface area contributed by atoms with Crippen LogP contribution in [0.25, 0.3) is 0 Å². The first kappa shape index (κ1) is 15.8. The number of sulfonamides is 1. The van der Waals surface area contributed by atoms with Crippen LogP contribution in [-0.2, 0) is 10.0 Å². The number of primary sulfonamides is 1. The Morgan fingerprint density at radius 1 is 1.13 bits per heavy atom. The first-order valence-electron chi connectivity index (χ1n) is 6.38. The smallest absolute Gasteiger partial charge is 0.256 e. The lowest BCUT2D eigenvalue weighted by Crippen LogP contribution is -2.16. The minimum atomic E-state index is -3.89. The summed E-state index contributed by atoms with van der Waals surface area (Å²) >= 11 is 3.22. The second-order valence-electron chi connectivity index (χ2n) is 4.71. The second-order valence-corrected chi connectivity index (χ2v) is 7.12. The van der Waals surface area contributed by atoms with Crippen molar-refractivity contribution in [3.8, 4) is 11.5 Å². The zero-order chi connectivity index (χ0) is 16.6. The quantitative estimate of drug-likeness (QED) is 0.822. The van der Waals surface area contributed by atoms with Gasteiger partial charge in [-0.2, -0.15) is 0 Å². The average molecular weight is 399 g/mol. The maximum absolute atomic E-state index is 12.4. The summed E-state index contributed by atoms with van der Waals surface area (Å²) in [5.41, 5.74) is 0.640. The van der Waals surface area contributed by atoms with Gasteiger partial charge in [-0.1, -0.05) is 0 Å². The molecule has 2 aromatic rings. The topological polar surface area (TPSA) is 108 Å². The Kier molecular flexibility index (Phi) is 4.00. The van der Waals surface area contributed by atoms with Crippen LogP contribution in [0.2, 0.25) is 0 Å². The van der Waals surface area contributed by atoms with Gasteiger partial charge >= 0.3 is 0 Å². The lowest BCUT2D eigenvalue weighted by molar-refractivity contribution is 0.102. The molecule has 1 heterocycles. The summed E-state index contributed by atoms with van der Waals surface area (Å²) in [6, 6.07) is 8.93. The number of amides is 1. The molecule has 0 saturated heterocycles. The molecule has 2 aromatic carbocycles. The Balaban J connectivity index is 1.89. The summed E-state index contributed by atoms with van der Waals surface area (Å²) in [5, 5.41) is 7.75. The van der Waals surface area contributed by atoms with E-state index in [4.69, 9.17) is 14.6 Å². The summed E-state index contributed by atoms with van der Waals surface area (Å²) in [7, 11) is -3.89. The first-order chi connectivity index (χ1) is 10.8. The van der Waals surface area contributed by atoms with Crippen molar-refractivity contribution >= 4 is 37.5 Å². The number of ether oxygens (including phenoxy) is 2. The average Bonchev–Trinajstić information content (AvgIpc) is 2.93. The highest BCUT2D eigenvalue weighted by Crippen LogP contribution is 2.34. The Morgan fingerprint density at radius 2 is 1.87 bits per heavy atom. The van der Waals surface area contributed by atoms with Crippen LogP contribution in [0.5, 0.6) is 11.5 Å². The maximum Gasteiger partial charge on any atom is 0.256 e. The number of carbonyl (C=O) groups is 1. The fraction of sp³-hybridized carbons (Fsp3) is 0.0714. The van der Waals surface area contributed by atoms with Crippen LogP contribution >= 0.6 is 15.9 Å². The summed E-state index contributed by atoms with van der Waals surface area (Å²) in [6.07, 6.45) is 0. The SMILES string of the molecule is NS(=O)(=O)c1ccc(Br)c(C(=O)Nc2ccc3c(c2)OCO3)c1. The lowest BCUT2D eigenvalue weighted by Gasteiger charge is -2.09. The fourth-order valence-electron chi connectivity index (χ4n) is 2.03. The number of benzene rings is 2. The molecule has 0 radical (unpaired) electrons. The predicted octanol–water partition coefficient (Wildman–Crippen LogP) is 2.08. The zero-order valence-corrected chi connectivity index (χ0v) is 14.0. The molecule has 0 spiro atoms. The lowest BCUT2D eigenvalue weighted by atomic mass is 10.2. The van der Waals surface area contributed by atoms with Crippen LogP contribution in [-0.4, -0.2) is 21.1 Å². The third-order valence-electron chi connectivity index (χ3n) is 3.14. The van der Waals surface area contributed by atoms with Crippen molar-refractivity contribution in [2.24, 2.45) is 5.14 Å². The number of anilines is 1. The molecule has 0 bridgehead atoms. The molecule has 3 rings (SSSR count). The van der Waals surface area contributed by atoms with Gasteiger partial charge in [-0.25, -0.2) is 13.6 Å². The van der Waals surface area contributed by atoms with E-state index in [1.165, 1.54) is 18.2 Å². The third kappa shape index (κ3) is 3.31. The molecular weight excluding hydrogens is 388 g/mol. The molecule has 3 N–H and O–H groups in total. The number of fused-ring (bicyclic) bond motifs is 1. The molecule has 1 aliphatic rings. The number of nitrogens with one attached hydrogen (secondary N) is 1. The van der Waals surface area contributed by atoms with E-state index < -0.39 is 15.9 Å². The Labute approximate surface area is 140 Å². The van der Waals surface area contributed by atoms with Crippen molar-refractivity contribution in [2.45, 2.75) is 4.90 Å². The Bertz CT molecular complexity index is 898. The summed E-state index contributed by atoms with van der Waals surface area (Å²) in [5.74, 6) is 0.641. The maximum atomic E-state index is 12.4. The molecule has 0 aromatic heterocycles. The van der Waals surface area contributed by atoms with E-state index in [0.29, 0.717) is 21.7 Å². The van der Waals surface area contributed by atoms with E-state index >= 15 is 0 Å².